The maximum Gasteiger partial charge on any atom is 0.253 e. The van der Waals surface area contributed by atoms with Crippen LogP contribution >= 0.6 is 0 Å². The van der Waals surface area contributed by atoms with Crippen molar-refractivity contribution in [2.75, 3.05) is 51.3 Å². The van der Waals surface area contributed by atoms with Crippen molar-refractivity contribution in [2.45, 2.75) is 44.9 Å². The molecule has 0 radical (unpaired) electrons. The first-order valence-electron chi connectivity index (χ1n) is 15.8. The number of carbonyl (C=O) groups is 3. The monoisotopic (exact) mass is 595 g/mol. The number of hydrogen-bond acceptors (Lipinski definition) is 6. The summed E-state index contributed by atoms with van der Waals surface area (Å²) in [7, 11) is 2.03. The summed E-state index contributed by atoms with van der Waals surface area (Å²) in [5, 5.41) is 0. The lowest BCUT2D eigenvalue weighted by Gasteiger charge is -2.41. The van der Waals surface area contributed by atoms with E-state index in [9.17, 15) is 14.4 Å². The maximum absolute atomic E-state index is 14.2. The molecule has 44 heavy (non-hydrogen) atoms. The molecule has 3 aromatic rings. The third-order valence-electron chi connectivity index (χ3n) is 9.05. The van der Waals surface area contributed by atoms with E-state index >= 15 is 0 Å². The summed E-state index contributed by atoms with van der Waals surface area (Å²) in [5.41, 5.74) is 4.84. The van der Waals surface area contributed by atoms with Crippen LogP contribution in [-0.4, -0.2) is 73.8 Å². The number of rotatable bonds is 9. The van der Waals surface area contributed by atoms with E-state index in [1.165, 1.54) is 0 Å². The van der Waals surface area contributed by atoms with Crippen LogP contribution in [-0.2, 0) is 14.3 Å². The Bertz CT molecular complexity index is 1500. The SMILES string of the molecule is CCOC(OCC)c1ccc(C2C(c3cccc(C(=O)N4CCN(C(=O)C5CC5)CC4)c3)C(=O)c3ccccc3N2C)cc1. The van der Waals surface area contributed by atoms with Crippen LogP contribution in [0.5, 0.6) is 0 Å². The number of fused-ring (bicyclic) bond motifs is 1. The molecular weight excluding hydrogens is 554 g/mol. The second-order valence-electron chi connectivity index (χ2n) is 11.8. The van der Waals surface area contributed by atoms with Crippen LogP contribution in [0.15, 0.2) is 72.8 Å². The summed E-state index contributed by atoms with van der Waals surface area (Å²) < 4.78 is 11.6. The van der Waals surface area contributed by atoms with Gasteiger partial charge in [-0.15, -0.1) is 0 Å². The molecule has 2 aliphatic heterocycles. The van der Waals surface area contributed by atoms with E-state index in [0.29, 0.717) is 50.5 Å². The highest BCUT2D eigenvalue weighted by Crippen LogP contribution is 2.46. The number of likely N-dealkylation sites (N-methyl/N-ethyl adjacent to an activating group) is 1. The van der Waals surface area contributed by atoms with E-state index in [-0.39, 0.29) is 29.6 Å². The summed E-state index contributed by atoms with van der Waals surface area (Å²) in [6.07, 6.45) is 1.52. The average molecular weight is 596 g/mol. The summed E-state index contributed by atoms with van der Waals surface area (Å²) >= 11 is 0. The molecule has 0 bridgehead atoms. The molecule has 2 unspecified atom stereocenters. The Morgan fingerprint density at radius 2 is 1.48 bits per heavy atom. The topological polar surface area (TPSA) is 79.4 Å². The number of piperazine rings is 1. The summed E-state index contributed by atoms with van der Waals surface area (Å²) in [4.78, 5) is 46.3. The van der Waals surface area contributed by atoms with E-state index in [1.807, 2.05) is 103 Å². The average Bonchev–Trinajstić information content (AvgIpc) is 3.92. The first kappa shape index (κ1) is 30.0. The molecule has 2 amide bonds. The predicted molar refractivity (Wildman–Crippen MR) is 169 cm³/mol. The molecule has 6 rings (SSSR count). The van der Waals surface area contributed by atoms with Gasteiger partial charge in [-0.3, -0.25) is 14.4 Å². The highest BCUT2D eigenvalue weighted by atomic mass is 16.7. The van der Waals surface area contributed by atoms with Gasteiger partial charge in [0.25, 0.3) is 5.91 Å². The van der Waals surface area contributed by atoms with Crippen LogP contribution in [0.1, 0.15) is 82.3 Å². The van der Waals surface area contributed by atoms with Gasteiger partial charge >= 0.3 is 0 Å². The van der Waals surface area contributed by atoms with Gasteiger partial charge in [-0.05, 0) is 62.1 Å². The van der Waals surface area contributed by atoms with Crippen molar-refractivity contribution in [3.63, 3.8) is 0 Å². The molecule has 0 spiro atoms. The van der Waals surface area contributed by atoms with E-state index in [2.05, 4.69) is 4.90 Å². The zero-order valence-electron chi connectivity index (χ0n) is 25.8. The van der Waals surface area contributed by atoms with Crippen molar-refractivity contribution in [1.82, 2.24) is 9.80 Å². The number of carbonyl (C=O) groups excluding carboxylic acids is 3. The second-order valence-corrected chi connectivity index (χ2v) is 11.8. The van der Waals surface area contributed by atoms with Crippen LogP contribution in [0.25, 0.3) is 0 Å². The molecule has 1 saturated carbocycles. The van der Waals surface area contributed by atoms with Gasteiger partial charge in [0.2, 0.25) is 5.91 Å². The number of hydrogen-bond donors (Lipinski definition) is 0. The number of anilines is 1. The van der Waals surface area contributed by atoms with Gasteiger partial charge in [-0.1, -0.05) is 48.5 Å². The molecule has 3 aliphatic rings. The molecule has 230 valence electrons. The molecule has 2 atom stereocenters. The highest BCUT2D eigenvalue weighted by Gasteiger charge is 2.41. The molecule has 8 nitrogen and oxygen atoms in total. The zero-order chi connectivity index (χ0) is 30.8. The van der Waals surface area contributed by atoms with Gasteiger partial charge in [0.15, 0.2) is 12.1 Å². The molecular formula is C36H41N3O5. The van der Waals surface area contributed by atoms with Gasteiger partial charge < -0.3 is 24.2 Å². The van der Waals surface area contributed by atoms with E-state index < -0.39 is 12.2 Å². The molecule has 3 aromatic carbocycles. The highest BCUT2D eigenvalue weighted by molar-refractivity contribution is 6.08. The number of para-hydroxylation sites is 1. The quantitative estimate of drug-likeness (QED) is 0.299. The maximum atomic E-state index is 14.2. The minimum Gasteiger partial charge on any atom is -0.366 e. The smallest absolute Gasteiger partial charge is 0.253 e. The first-order valence-corrected chi connectivity index (χ1v) is 15.8. The van der Waals surface area contributed by atoms with Crippen molar-refractivity contribution in [3.05, 3.63) is 101 Å². The normalized spacial score (nSPS) is 20.2. The van der Waals surface area contributed by atoms with Crippen LogP contribution in [0.2, 0.25) is 0 Å². The minimum absolute atomic E-state index is 0.0334. The molecule has 2 fully saturated rings. The number of Topliss-reactive ketones (excluding diaryl/α,β-unsaturated/α-hetero) is 1. The Labute approximate surface area is 259 Å². The summed E-state index contributed by atoms with van der Waals surface area (Å²) in [6.45, 7) is 7.12. The lowest BCUT2D eigenvalue weighted by atomic mass is 9.77. The first-order chi connectivity index (χ1) is 21.4. The molecule has 8 heteroatoms. The van der Waals surface area contributed by atoms with Crippen LogP contribution < -0.4 is 4.90 Å². The number of benzene rings is 3. The Morgan fingerprint density at radius 1 is 0.818 bits per heavy atom. The van der Waals surface area contributed by atoms with Crippen LogP contribution in [0.4, 0.5) is 5.69 Å². The van der Waals surface area contributed by atoms with E-state index in [0.717, 1.165) is 35.2 Å². The van der Waals surface area contributed by atoms with Gasteiger partial charge in [0, 0.05) is 74.7 Å². The summed E-state index contributed by atoms with van der Waals surface area (Å²) in [6, 6.07) is 23.1. The lowest BCUT2D eigenvalue weighted by Crippen LogP contribution is -2.51. The van der Waals surface area contributed by atoms with E-state index in [4.69, 9.17) is 9.47 Å². The number of amides is 2. The Balaban J connectivity index is 1.29. The standard InChI is InChI=1S/C36H41N3O5/c1-4-43-36(44-5-2)26-17-13-24(14-18-26)32-31(33(40)29-11-6-7-12-30(29)37(32)3)27-9-8-10-28(23-27)35(42)39-21-19-38(20-22-39)34(41)25-15-16-25/h6-14,17-18,23,25,31-32,36H,4-5,15-16,19-22H2,1-3H3. The second kappa shape index (κ2) is 12.9. The third kappa shape index (κ3) is 5.88. The molecule has 0 aromatic heterocycles. The van der Waals surface area contributed by atoms with Crippen molar-refractivity contribution >= 4 is 23.3 Å². The fourth-order valence-electron chi connectivity index (χ4n) is 6.58. The van der Waals surface area contributed by atoms with Crippen molar-refractivity contribution < 1.29 is 23.9 Å². The number of nitrogens with zero attached hydrogens (tertiary/aromatic N) is 3. The molecule has 1 aliphatic carbocycles. The predicted octanol–water partition coefficient (Wildman–Crippen LogP) is 5.61. The third-order valence-corrected chi connectivity index (χ3v) is 9.05. The Hall–Kier alpha value is -4.01. The summed E-state index contributed by atoms with van der Waals surface area (Å²) in [5.74, 6) is -0.141. The molecule has 0 N–H and O–H groups in total. The van der Waals surface area contributed by atoms with Gasteiger partial charge in [0.1, 0.15) is 0 Å². The largest absolute Gasteiger partial charge is 0.366 e. The lowest BCUT2D eigenvalue weighted by molar-refractivity contribution is -0.140. The zero-order valence-corrected chi connectivity index (χ0v) is 25.8. The molecule has 1 saturated heterocycles. The van der Waals surface area contributed by atoms with Crippen LogP contribution in [0.3, 0.4) is 0 Å². The Kier molecular flexibility index (Phi) is 8.82. The minimum atomic E-state index is -0.518. The fraction of sp³-hybridized carbons (Fsp3) is 0.417. The van der Waals surface area contributed by atoms with Crippen molar-refractivity contribution in [2.24, 2.45) is 5.92 Å². The number of ether oxygens (including phenoxy) is 2. The van der Waals surface area contributed by atoms with Gasteiger partial charge in [0.05, 0.1) is 12.0 Å². The van der Waals surface area contributed by atoms with Gasteiger partial charge in [-0.2, -0.15) is 0 Å². The van der Waals surface area contributed by atoms with Crippen molar-refractivity contribution in [3.8, 4) is 0 Å². The Morgan fingerprint density at radius 3 is 2.14 bits per heavy atom. The van der Waals surface area contributed by atoms with Crippen molar-refractivity contribution in [1.29, 1.82) is 0 Å². The van der Waals surface area contributed by atoms with Gasteiger partial charge in [-0.25, -0.2) is 0 Å². The van der Waals surface area contributed by atoms with Crippen LogP contribution in [0, 0.1) is 5.92 Å². The molecule has 2 heterocycles. The fourth-order valence-corrected chi connectivity index (χ4v) is 6.58. The number of ketones is 1. The van der Waals surface area contributed by atoms with E-state index in [1.54, 1.807) is 0 Å².